The summed E-state index contributed by atoms with van der Waals surface area (Å²) in [7, 11) is -1.22. The Kier molecular flexibility index (Phi) is 6.66. The average Bonchev–Trinajstić information content (AvgIpc) is 2.56. The highest BCUT2D eigenvalue weighted by molar-refractivity contribution is 7.92. The van der Waals surface area contributed by atoms with Crippen LogP contribution in [0.1, 0.15) is 19.8 Å². The van der Waals surface area contributed by atoms with Crippen LogP contribution in [0, 0.1) is 0 Å². The highest BCUT2D eigenvalue weighted by Crippen LogP contribution is 2.21. The highest BCUT2D eigenvalue weighted by Gasteiger charge is 2.19. The molecular formula is C17H27N3O4S. The Labute approximate surface area is 150 Å². The van der Waals surface area contributed by atoms with Gasteiger partial charge in [-0.2, -0.15) is 0 Å². The second-order valence-corrected chi connectivity index (χ2v) is 8.26. The van der Waals surface area contributed by atoms with E-state index in [9.17, 15) is 13.2 Å². The van der Waals surface area contributed by atoms with E-state index < -0.39 is 10.0 Å². The molecule has 1 aliphatic heterocycles. The van der Waals surface area contributed by atoms with Crippen LogP contribution in [0.25, 0.3) is 0 Å². The minimum Gasteiger partial charge on any atom is -0.484 e. The lowest BCUT2D eigenvalue weighted by molar-refractivity contribution is -0.124. The van der Waals surface area contributed by atoms with E-state index in [1.165, 1.54) is 10.6 Å². The van der Waals surface area contributed by atoms with Gasteiger partial charge < -0.3 is 15.0 Å². The summed E-state index contributed by atoms with van der Waals surface area (Å²) in [6.45, 7) is 4.06. The minimum atomic E-state index is -3.30. The summed E-state index contributed by atoms with van der Waals surface area (Å²) in [6.07, 6.45) is 3.08. The Balaban J connectivity index is 1.84. The maximum absolute atomic E-state index is 12.0. The van der Waals surface area contributed by atoms with Crippen LogP contribution in [-0.2, 0) is 14.8 Å². The Morgan fingerprint density at radius 1 is 1.28 bits per heavy atom. The van der Waals surface area contributed by atoms with Gasteiger partial charge in [0.25, 0.3) is 5.91 Å². The lowest BCUT2D eigenvalue weighted by Gasteiger charge is -2.29. The van der Waals surface area contributed by atoms with Gasteiger partial charge in [-0.25, -0.2) is 8.42 Å². The fourth-order valence-electron chi connectivity index (χ4n) is 2.89. The number of likely N-dealkylation sites (tertiary alicyclic amines) is 1. The molecule has 8 heteroatoms. The molecule has 1 fully saturated rings. The smallest absolute Gasteiger partial charge is 0.258 e. The molecule has 25 heavy (non-hydrogen) atoms. The normalized spacial score (nSPS) is 16.4. The summed E-state index contributed by atoms with van der Waals surface area (Å²) < 4.78 is 30.2. The molecule has 0 atom stereocenters. The van der Waals surface area contributed by atoms with E-state index in [0.717, 1.165) is 25.9 Å². The number of piperidine rings is 1. The van der Waals surface area contributed by atoms with Crippen LogP contribution in [0.2, 0.25) is 0 Å². The van der Waals surface area contributed by atoms with Crippen molar-refractivity contribution in [2.24, 2.45) is 0 Å². The number of benzene rings is 1. The van der Waals surface area contributed by atoms with Crippen molar-refractivity contribution in [3.63, 3.8) is 0 Å². The molecular weight excluding hydrogens is 342 g/mol. The number of amides is 1. The van der Waals surface area contributed by atoms with Crippen molar-refractivity contribution < 1.29 is 17.9 Å². The van der Waals surface area contributed by atoms with Crippen LogP contribution in [-0.4, -0.2) is 64.8 Å². The zero-order valence-corrected chi connectivity index (χ0v) is 15.9. The number of nitrogens with one attached hydrogen (secondary N) is 1. The number of anilines is 1. The van der Waals surface area contributed by atoms with Gasteiger partial charge in [0.1, 0.15) is 5.75 Å². The molecule has 0 unspecified atom stereocenters. The van der Waals surface area contributed by atoms with Crippen LogP contribution in [0.3, 0.4) is 0 Å². The SMILES string of the molecule is CCN(c1ccc(OCC(=O)NC2CCN(C)CC2)cc1)S(C)(=O)=O. The molecule has 1 heterocycles. The first-order chi connectivity index (χ1) is 11.8. The Hall–Kier alpha value is -1.80. The fraction of sp³-hybridized carbons (Fsp3) is 0.588. The molecule has 1 aliphatic rings. The largest absolute Gasteiger partial charge is 0.484 e. The average molecular weight is 369 g/mol. The molecule has 0 aromatic heterocycles. The zero-order chi connectivity index (χ0) is 18.4. The maximum atomic E-state index is 12.0. The van der Waals surface area contributed by atoms with Gasteiger partial charge in [0, 0.05) is 12.6 Å². The van der Waals surface area contributed by atoms with Gasteiger partial charge in [-0.05, 0) is 64.2 Å². The summed E-state index contributed by atoms with van der Waals surface area (Å²) in [5.41, 5.74) is 0.577. The molecule has 1 N–H and O–H groups in total. The van der Waals surface area contributed by atoms with Gasteiger partial charge in [-0.15, -0.1) is 0 Å². The Bertz CT molecular complexity index is 668. The summed E-state index contributed by atoms with van der Waals surface area (Å²) >= 11 is 0. The molecule has 1 amide bonds. The van der Waals surface area contributed by atoms with Gasteiger partial charge in [0.2, 0.25) is 10.0 Å². The van der Waals surface area contributed by atoms with Gasteiger partial charge >= 0.3 is 0 Å². The van der Waals surface area contributed by atoms with E-state index in [2.05, 4.69) is 17.3 Å². The van der Waals surface area contributed by atoms with Crippen LogP contribution < -0.4 is 14.4 Å². The predicted octanol–water partition coefficient (Wildman–Crippen LogP) is 1.06. The predicted molar refractivity (Wildman–Crippen MR) is 98.5 cm³/mol. The third-order valence-electron chi connectivity index (χ3n) is 4.27. The Morgan fingerprint density at radius 2 is 1.88 bits per heavy atom. The molecule has 140 valence electrons. The van der Waals surface area contributed by atoms with Crippen LogP contribution in [0.15, 0.2) is 24.3 Å². The maximum Gasteiger partial charge on any atom is 0.258 e. The van der Waals surface area contributed by atoms with E-state index in [4.69, 9.17) is 4.74 Å². The zero-order valence-electron chi connectivity index (χ0n) is 15.1. The van der Waals surface area contributed by atoms with Crippen molar-refractivity contribution in [1.82, 2.24) is 10.2 Å². The van der Waals surface area contributed by atoms with E-state index in [1.54, 1.807) is 31.2 Å². The van der Waals surface area contributed by atoms with Crippen molar-refractivity contribution in [3.8, 4) is 5.75 Å². The fourth-order valence-corrected chi connectivity index (χ4v) is 3.86. The number of nitrogens with zero attached hydrogens (tertiary/aromatic N) is 2. The number of sulfonamides is 1. The first-order valence-electron chi connectivity index (χ1n) is 8.48. The third kappa shape index (κ3) is 5.89. The lowest BCUT2D eigenvalue weighted by Crippen LogP contribution is -2.44. The van der Waals surface area contributed by atoms with E-state index in [0.29, 0.717) is 18.0 Å². The third-order valence-corrected chi connectivity index (χ3v) is 5.54. The van der Waals surface area contributed by atoms with Crippen LogP contribution in [0.4, 0.5) is 5.69 Å². The van der Waals surface area contributed by atoms with Gasteiger partial charge in [-0.3, -0.25) is 9.10 Å². The minimum absolute atomic E-state index is 0.0464. The molecule has 1 aromatic rings. The molecule has 1 saturated heterocycles. The quantitative estimate of drug-likeness (QED) is 0.778. The highest BCUT2D eigenvalue weighted by atomic mass is 32.2. The van der Waals surface area contributed by atoms with Crippen molar-refractivity contribution >= 4 is 21.6 Å². The molecule has 0 aliphatic carbocycles. The van der Waals surface area contributed by atoms with E-state index >= 15 is 0 Å². The summed E-state index contributed by atoms with van der Waals surface area (Å²) in [4.78, 5) is 14.2. The second kappa shape index (κ2) is 8.53. The number of hydrogen-bond donors (Lipinski definition) is 1. The number of carbonyl (C=O) groups excluding carboxylic acids is 1. The van der Waals surface area contributed by atoms with Crippen molar-refractivity contribution in [1.29, 1.82) is 0 Å². The van der Waals surface area contributed by atoms with Gasteiger partial charge in [-0.1, -0.05) is 0 Å². The first kappa shape index (κ1) is 19.5. The topological polar surface area (TPSA) is 79.0 Å². The monoisotopic (exact) mass is 369 g/mol. The van der Waals surface area contributed by atoms with Crippen molar-refractivity contribution in [3.05, 3.63) is 24.3 Å². The molecule has 7 nitrogen and oxygen atoms in total. The van der Waals surface area contributed by atoms with Crippen LogP contribution in [0.5, 0.6) is 5.75 Å². The molecule has 2 rings (SSSR count). The van der Waals surface area contributed by atoms with E-state index in [1.807, 2.05) is 0 Å². The second-order valence-electron chi connectivity index (χ2n) is 6.36. The standard InChI is InChI=1S/C17H27N3O4S/c1-4-20(25(3,22)23)15-5-7-16(8-6-15)24-13-17(21)18-14-9-11-19(2)12-10-14/h5-8,14H,4,9-13H2,1-3H3,(H,18,21). The van der Waals surface area contributed by atoms with E-state index in [-0.39, 0.29) is 18.6 Å². The van der Waals surface area contributed by atoms with Crippen molar-refractivity contribution in [2.45, 2.75) is 25.8 Å². The molecule has 1 aromatic carbocycles. The summed E-state index contributed by atoms with van der Waals surface area (Å²) in [5, 5.41) is 2.99. The molecule has 0 radical (unpaired) electrons. The Morgan fingerprint density at radius 3 is 2.40 bits per heavy atom. The van der Waals surface area contributed by atoms with Gasteiger partial charge in [0.05, 0.1) is 11.9 Å². The van der Waals surface area contributed by atoms with Crippen LogP contribution >= 0.6 is 0 Å². The molecule has 0 saturated carbocycles. The lowest BCUT2D eigenvalue weighted by atomic mass is 10.1. The number of hydrogen-bond acceptors (Lipinski definition) is 5. The van der Waals surface area contributed by atoms with Gasteiger partial charge in [0.15, 0.2) is 6.61 Å². The summed E-state index contributed by atoms with van der Waals surface area (Å²) in [6, 6.07) is 6.91. The summed E-state index contributed by atoms with van der Waals surface area (Å²) in [5.74, 6) is 0.400. The number of carbonyl (C=O) groups is 1. The number of ether oxygens (including phenoxy) is 1. The molecule has 0 bridgehead atoms. The molecule has 0 spiro atoms. The number of rotatable bonds is 7. The van der Waals surface area contributed by atoms with Crippen molar-refractivity contribution in [2.75, 3.05) is 43.8 Å². The first-order valence-corrected chi connectivity index (χ1v) is 10.3.